The monoisotopic (exact) mass is 593 g/mol. The molecule has 0 saturated carbocycles. The molecule has 1 aliphatic rings. The summed E-state index contributed by atoms with van der Waals surface area (Å²) < 4.78 is 6.87. The fourth-order valence-corrected chi connectivity index (χ4v) is 4.83. The predicted octanol–water partition coefficient (Wildman–Crippen LogP) is 4.09. The molecule has 0 bridgehead atoms. The number of rotatable bonds is 7. The van der Waals surface area contributed by atoms with E-state index in [0.717, 1.165) is 33.4 Å². The molecule has 4 aromatic rings. The average molecular weight is 593 g/mol. The first-order valence-corrected chi connectivity index (χ1v) is 13.1. The van der Waals surface area contributed by atoms with E-state index in [1.807, 2.05) is 47.4 Å². The van der Waals surface area contributed by atoms with Gasteiger partial charge in [-0.3, -0.25) is 4.79 Å². The van der Waals surface area contributed by atoms with Gasteiger partial charge in [0, 0.05) is 46.1 Å². The van der Waals surface area contributed by atoms with E-state index in [1.54, 1.807) is 0 Å². The van der Waals surface area contributed by atoms with Gasteiger partial charge in [0.25, 0.3) is 0 Å². The second-order valence-corrected chi connectivity index (χ2v) is 10.1. The summed E-state index contributed by atoms with van der Waals surface area (Å²) in [5.74, 6) is 0.773. The molecule has 8 heteroatoms. The molecule has 5 rings (SSSR count). The summed E-state index contributed by atoms with van der Waals surface area (Å²) in [6.45, 7) is 3.15. The number of benzene rings is 3. The third-order valence-corrected chi connectivity index (χ3v) is 7.12. The molecule has 2 N–H and O–H groups in total. The smallest absolute Gasteiger partial charge is 0.241 e. The molecule has 0 radical (unpaired) electrons. The van der Waals surface area contributed by atoms with E-state index in [-0.39, 0.29) is 12.5 Å². The number of piperazine rings is 1. The van der Waals surface area contributed by atoms with Crippen LogP contribution in [-0.2, 0) is 16.1 Å². The quantitative estimate of drug-likeness (QED) is 0.325. The van der Waals surface area contributed by atoms with Crippen molar-refractivity contribution < 1.29 is 9.53 Å². The van der Waals surface area contributed by atoms with Gasteiger partial charge in [-0.25, -0.2) is 0 Å². The maximum absolute atomic E-state index is 12.9. The first kappa shape index (κ1) is 24.6. The zero-order valence-electron chi connectivity index (χ0n) is 19.9. The summed E-state index contributed by atoms with van der Waals surface area (Å²) >= 11 is 2.30. The molecule has 0 unspecified atom stereocenters. The SMILES string of the molecule is N[C@@H](COCc1ccccc1)C(=O)N1CCN(c2nnc(-c3ccc(I)cc3)c3ccccc23)CC1. The van der Waals surface area contributed by atoms with E-state index in [1.165, 1.54) is 3.57 Å². The molecule has 1 fully saturated rings. The third-order valence-electron chi connectivity index (χ3n) is 6.40. The minimum Gasteiger partial charge on any atom is -0.375 e. The van der Waals surface area contributed by atoms with Crippen LogP contribution in [0.5, 0.6) is 0 Å². The Morgan fingerprint density at radius 2 is 1.56 bits per heavy atom. The molecule has 3 aromatic carbocycles. The highest BCUT2D eigenvalue weighted by Crippen LogP contribution is 2.32. The van der Waals surface area contributed by atoms with Crippen LogP contribution in [0.3, 0.4) is 0 Å². The number of hydrogen-bond acceptors (Lipinski definition) is 6. The van der Waals surface area contributed by atoms with E-state index in [4.69, 9.17) is 10.5 Å². The zero-order chi connectivity index (χ0) is 24.9. The molecule has 1 aromatic heterocycles. The topological polar surface area (TPSA) is 84.6 Å². The van der Waals surface area contributed by atoms with Crippen molar-refractivity contribution in [2.45, 2.75) is 12.6 Å². The van der Waals surface area contributed by atoms with Crippen molar-refractivity contribution in [3.63, 3.8) is 0 Å². The minimum absolute atomic E-state index is 0.0762. The van der Waals surface area contributed by atoms with E-state index in [0.29, 0.717) is 32.8 Å². The standard InChI is InChI=1S/C28H28IN5O2/c29-22-12-10-21(11-13-22)26-23-8-4-5-9-24(23)27(32-31-26)33-14-16-34(17-15-33)28(35)25(30)19-36-18-20-6-2-1-3-7-20/h1-13,25H,14-19,30H2/t25-/m0/s1. The Labute approximate surface area is 224 Å². The second-order valence-electron chi connectivity index (χ2n) is 8.84. The van der Waals surface area contributed by atoms with Crippen LogP contribution in [0, 0.1) is 3.57 Å². The number of hydrogen-bond donors (Lipinski definition) is 1. The Morgan fingerprint density at radius 1 is 0.889 bits per heavy atom. The molecule has 0 spiro atoms. The number of halogens is 1. The highest BCUT2D eigenvalue weighted by molar-refractivity contribution is 14.1. The van der Waals surface area contributed by atoms with E-state index in [2.05, 4.69) is 74.1 Å². The van der Waals surface area contributed by atoms with Crippen molar-refractivity contribution in [3.8, 4) is 11.3 Å². The summed E-state index contributed by atoms with van der Waals surface area (Å²) in [5, 5.41) is 11.4. The number of nitrogens with zero attached hydrogens (tertiary/aromatic N) is 4. The molecule has 1 aliphatic heterocycles. The van der Waals surface area contributed by atoms with Crippen LogP contribution >= 0.6 is 22.6 Å². The highest BCUT2D eigenvalue weighted by Gasteiger charge is 2.27. The van der Waals surface area contributed by atoms with Crippen molar-refractivity contribution in [1.82, 2.24) is 15.1 Å². The van der Waals surface area contributed by atoms with Crippen molar-refractivity contribution in [1.29, 1.82) is 0 Å². The van der Waals surface area contributed by atoms with E-state index in [9.17, 15) is 4.79 Å². The first-order valence-electron chi connectivity index (χ1n) is 12.0. The molecule has 1 saturated heterocycles. The van der Waals surface area contributed by atoms with Gasteiger partial charge in [-0.15, -0.1) is 10.2 Å². The van der Waals surface area contributed by atoms with Gasteiger partial charge in [0.05, 0.1) is 13.2 Å². The number of fused-ring (bicyclic) bond motifs is 1. The first-order chi connectivity index (χ1) is 17.6. The van der Waals surface area contributed by atoms with Gasteiger partial charge < -0.3 is 20.3 Å². The maximum atomic E-state index is 12.9. The summed E-state index contributed by atoms with van der Waals surface area (Å²) in [6.07, 6.45) is 0. The Morgan fingerprint density at radius 3 is 2.28 bits per heavy atom. The van der Waals surface area contributed by atoms with Crippen LogP contribution in [0.2, 0.25) is 0 Å². The van der Waals surface area contributed by atoms with Gasteiger partial charge in [-0.2, -0.15) is 0 Å². The van der Waals surface area contributed by atoms with Crippen molar-refractivity contribution in [2.24, 2.45) is 5.73 Å². The zero-order valence-corrected chi connectivity index (χ0v) is 22.0. The van der Waals surface area contributed by atoms with Gasteiger partial charge in [-0.1, -0.05) is 66.7 Å². The summed E-state index contributed by atoms with van der Waals surface area (Å²) in [4.78, 5) is 16.9. The van der Waals surface area contributed by atoms with Crippen LogP contribution in [-0.4, -0.2) is 59.8 Å². The molecule has 1 atom stereocenters. The Hall–Kier alpha value is -3.08. The Kier molecular flexibility index (Phi) is 7.74. The molecule has 2 heterocycles. The summed E-state index contributed by atoms with van der Waals surface area (Å²) in [5.41, 5.74) is 9.14. The number of nitrogens with two attached hydrogens (primary N) is 1. The molecule has 36 heavy (non-hydrogen) atoms. The average Bonchev–Trinajstić information content (AvgIpc) is 2.93. The van der Waals surface area contributed by atoms with E-state index < -0.39 is 6.04 Å². The fraction of sp³-hybridized carbons (Fsp3) is 0.250. The number of ether oxygens (including phenoxy) is 1. The number of amides is 1. The van der Waals surface area contributed by atoms with Gasteiger partial charge in [0.15, 0.2) is 5.82 Å². The molecule has 184 valence electrons. The summed E-state index contributed by atoms with van der Waals surface area (Å²) in [7, 11) is 0. The van der Waals surface area contributed by atoms with Crippen molar-refractivity contribution in [3.05, 3.63) is 88.0 Å². The lowest BCUT2D eigenvalue weighted by Crippen LogP contribution is -2.54. The molecular weight excluding hydrogens is 565 g/mol. The van der Waals surface area contributed by atoms with Crippen molar-refractivity contribution in [2.75, 3.05) is 37.7 Å². The number of carbonyl (C=O) groups is 1. The number of carbonyl (C=O) groups excluding carboxylic acids is 1. The largest absolute Gasteiger partial charge is 0.375 e. The highest BCUT2D eigenvalue weighted by atomic mass is 127. The van der Waals surface area contributed by atoms with Gasteiger partial charge in [0.2, 0.25) is 5.91 Å². The lowest BCUT2D eigenvalue weighted by atomic mass is 10.0. The minimum atomic E-state index is -0.672. The van der Waals surface area contributed by atoms with Crippen LogP contribution < -0.4 is 10.6 Å². The van der Waals surface area contributed by atoms with Gasteiger partial charge in [-0.05, 0) is 40.3 Å². The molecule has 7 nitrogen and oxygen atoms in total. The predicted molar refractivity (Wildman–Crippen MR) is 151 cm³/mol. The van der Waals surface area contributed by atoms with Crippen LogP contribution in [0.1, 0.15) is 5.56 Å². The molecule has 0 aliphatic carbocycles. The lowest BCUT2D eigenvalue weighted by molar-refractivity contribution is -0.134. The van der Waals surface area contributed by atoms with Crippen molar-refractivity contribution >= 4 is 45.1 Å². The van der Waals surface area contributed by atoms with Gasteiger partial charge in [0.1, 0.15) is 11.7 Å². The van der Waals surface area contributed by atoms with Crippen LogP contribution in [0.4, 0.5) is 5.82 Å². The fourth-order valence-electron chi connectivity index (χ4n) is 4.47. The molecular formula is C28H28IN5O2. The molecule has 1 amide bonds. The number of aromatic nitrogens is 2. The van der Waals surface area contributed by atoms with Crippen LogP contribution in [0.15, 0.2) is 78.9 Å². The lowest BCUT2D eigenvalue weighted by Gasteiger charge is -2.36. The third kappa shape index (κ3) is 5.50. The van der Waals surface area contributed by atoms with Gasteiger partial charge >= 0.3 is 0 Å². The van der Waals surface area contributed by atoms with Crippen LogP contribution in [0.25, 0.3) is 22.0 Å². The number of anilines is 1. The summed E-state index contributed by atoms with van der Waals surface area (Å²) in [6, 6.07) is 25.8. The Balaban J connectivity index is 1.23. The maximum Gasteiger partial charge on any atom is 0.241 e. The second kappa shape index (κ2) is 11.3. The normalized spacial score (nSPS) is 14.7. The Bertz CT molecular complexity index is 1330. The van der Waals surface area contributed by atoms with E-state index >= 15 is 0 Å².